The lowest BCUT2D eigenvalue weighted by molar-refractivity contribution is -0.138. The van der Waals surface area contributed by atoms with Crippen molar-refractivity contribution in [1.82, 2.24) is 9.62 Å². The van der Waals surface area contributed by atoms with Crippen molar-refractivity contribution < 1.29 is 17.9 Å². The summed E-state index contributed by atoms with van der Waals surface area (Å²) in [6.07, 6.45) is 0.845. The number of nitrogens with one attached hydrogen (secondary N) is 1. The minimum atomic E-state index is -3.74. The summed E-state index contributed by atoms with van der Waals surface area (Å²) in [7, 11) is -3.74. The van der Waals surface area contributed by atoms with Crippen LogP contribution in [0.2, 0.25) is 0 Å². The van der Waals surface area contributed by atoms with Crippen LogP contribution in [-0.2, 0) is 26.0 Å². The quantitative estimate of drug-likeness (QED) is 0.838. The van der Waals surface area contributed by atoms with E-state index in [2.05, 4.69) is 4.72 Å². The average molecular weight is 354 g/mol. The molecule has 1 saturated heterocycles. The van der Waals surface area contributed by atoms with Crippen LogP contribution in [0.15, 0.2) is 29.2 Å². The standard InChI is InChI=1S/C17H26N2O4S/c1-4-14-5-7-15(8-6-14)24(21,22)18-16(13(2)3)17(20)19-9-11-23-12-10-19/h5-8,13,16,18H,4,9-12H2,1-3H3/t16-/m0/s1. The van der Waals surface area contributed by atoms with E-state index in [4.69, 9.17) is 4.74 Å². The lowest BCUT2D eigenvalue weighted by atomic mass is 10.0. The highest BCUT2D eigenvalue weighted by Crippen LogP contribution is 2.15. The van der Waals surface area contributed by atoms with Crippen LogP contribution in [0.25, 0.3) is 0 Å². The van der Waals surface area contributed by atoms with Crippen molar-refractivity contribution in [3.05, 3.63) is 29.8 Å². The van der Waals surface area contributed by atoms with Gasteiger partial charge in [-0.15, -0.1) is 0 Å². The van der Waals surface area contributed by atoms with E-state index in [9.17, 15) is 13.2 Å². The summed E-state index contributed by atoms with van der Waals surface area (Å²) in [5.41, 5.74) is 1.07. The molecule has 0 unspecified atom stereocenters. The number of amides is 1. The summed E-state index contributed by atoms with van der Waals surface area (Å²) in [5, 5.41) is 0. The van der Waals surface area contributed by atoms with Gasteiger partial charge in [0.05, 0.1) is 18.1 Å². The molecule has 0 aliphatic carbocycles. The Hall–Kier alpha value is -1.44. The Labute approximate surface area is 144 Å². The number of carbonyl (C=O) groups excluding carboxylic acids is 1. The van der Waals surface area contributed by atoms with Crippen molar-refractivity contribution in [2.45, 2.75) is 38.1 Å². The highest BCUT2D eigenvalue weighted by atomic mass is 32.2. The lowest BCUT2D eigenvalue weighted by Gasteiger charge is -2.32. The first-order valence-electron chi connectivity index (χ1n) is 8.33. The van der Waals surface area contributed by atoms with Crippen LogP contribution in [-0.4, -0.2) is 51.6 Å². The van der Waals surface area contributed by atoms with Crippen LogP contribution in [0.4, 0.5) is 0 Å². The van der Waals surface area contributed by atoms with Gasteiger partial charge in [0.1, 0.15) is 6.04 Å². The first kappa shape index (κ1) is 18.9. The van der Waals surface area contributed by atoms with Crippen LogP contribution in [0.3, 0.4) is 0 Å². The number of aryl methyl sites for hydroxylation is 1. The van der Waals surface area contributed by atoms with E-state index < -0.39 is 16.1 Å². The molecule has 1 amide bonds. The van der Waals surface area contributed by atoms with E-state index in [0.717, 1.165) is 12.0 Å². The third-order valence-electron chi connectivity index (χ3n) is 4.18. The van der Waals surface area contributed by atoms with Gasteiger partial charge >= 0.3 is 0 Å². The van der Waals surface area contributed by atoms with E-state index >= 15 is 0 Å². The summed E-state index contributed by atoms with van der Waals surface area (Å²) >= 11 is 0. The molecule has 6 nitrogen and oxygen atoms in total. The number of hydrogen-bond acceptors (Lipinski definition) is 4. The number of rotatable bonds is 6. The van der Waals surface area contributed by atoms with Crippen molar-refractivity contribution in [3.63, 3.8) is 0 Å². The zero-order valence-electron chi connectivity index (χ0n) is 14.5. The van der Waals surface area contributed by atoms with Gasteiger partial charge in [-0.3, -0.25) is 4.79 Å². The molecule has 0 radical (unpaired) electrons. The number of hydrogen-bond donors (Lipinski definition) is 1. The maximum absolute atomic E-state index is 12.7. The molecular weight excluding hydrogens is 328 g/mol. The smallest absolute Gasteiger partial charge is 0.241 e. The molecular formula is C17H26N2O4S. The molecule has 1 fully saturated rings. The Morgan fingerprint density at radius 3 is 2.29 bits per heavy atom. The molecule has 0 aromatic heterocycles. The number of nitrogens with zero attached hydrogens (tertiary/aromatic N) is 1. The van der Waals surface area contributed by atoms with Crippen LogP contribution in [0.1, 0.15) is 26.3 Å². The van der Waals surface area contributed by atoms with Gasteiger partial charge in [-0.2, -0.15) is 4.72 Å². The largest absolute Gasteiger partial charge is 0.378 e. The van der Waals surface area contributed by atoms with Crippen LogP contribution >= 0.6 is 0 Å². The Kier molecular flexibility index (Phi) is 6.37. The normalized spacial score (nSPS) is 17.1. The van der Waals surface area contributed by atoms with Gasteiger partial charge in [0, 0.05) is 13.1 Å². The highest BCUT2D eigenvalue weighted by Gasteiger charge is 2.32. The molecule has 0 spiro atoms. The molecule has 134 valence electrons. The fraction of sp³-hybridized carbons (Fsp3) is 0.588. The van der Waals surface area contributed by atoms with Crippen LogP contribution in [0, 0.1) is 5.92 Å². The lowest BCUT2D eigenvalue weighted by Crippen LogP contribution is -2.53. The van der Waals surface area contributed by atoms with E-state index in [0.29, 0.717) is 26.3 Å². The predicted molar refractivity (Wildman–Crippen MR) is 92.2 cm³/mol. The second-order valence-electron chi connectivity index (χ2n) is 6.28. The Morgan fingerprint density at radius 2 is 1.79 bits per heavy atom. The van der Waals surface area contributed by atoms with Gasteiger partial charge < -0.3 is 9.64 Å². The zero-order valence-corrected chi connectivity index (χ0v) is 15.3. The predicted octanol–water partition coefficient (Wildman–Crippen LogP) is 1.41. The van der Waals surface area contributed by atoms with Gasteiger partial charge in [0.2, 0.25) is 15.9 Å². The topological polar surface area (TPSA) is 75.7 Å². The van der Waals surface area contributed by atoms with Crippen molar-refractivity contribution in [3.8, 4) is 0 Å². The van der Waals surface area contributed by atoms with E-state index in [1.165, 1.54) is 0 Å². The van der Waals surface area contributed by atoms with E-state index in [1.54, 1.807) is 29.2 Å². The van der Waals surface area contributed by atoms with Gasteiger partial charge in [0.25, 0.3) is 0 Å². The van der Waals surface area contributed by atoms with Gasteiger partial charge in [-0.1, -0.05) is 32.9 Å². The minimum absolute atomic E-state index is 0.148. The fourth-order valence-electron chi connectivity index (χ4n) is 2.59. The number of carbonyl (C=O) groups is 1. The summed E-state index contributed by atoms with van der Waals surface area (Å²) < 4.78 is 33.1. The molecule has 1 aliphatic rings. The molecule has 0 saturated carbocycles. The van der Waals surface area contributed by atoms with Gasteiger partial charge in [0.15, 0.2) is 0 Å². The van der Waals surface area contributed by atoms with E-state index in [-0.39, 0.29) is 16.7 Å². The molecule has 0 bridgehead atoms. The molecule has 1 aromatic carbocycles. The average Bonchev–Trinajstić information content (AvgIpc) is 2.59. The first-order chi connectivity index (χ1) is 11.3. The fourth-order valence-corrected chi connectivity index (χ4v) is 3.93. The van der Waals surface area contributed by atoms with Crippen LogP contribution in [0.5, 0.6) is 0 Å². The summed E-state index contributed by atoms with van der Waals surface area (Å²) in [6.45, 7) is 7.66. The summed E-state index contributed by atoms with van der Waals surface area (Å²) in [4.78, 5) is 14.5. The summed E-state index contributed by atoms with van der Waals surface area (Å²) in [5.74, 6) is -0.341. The monoisotopic (exact) mass is 354 g/mol. The van der Waals surface area contributed by atoms with Crippen molar-refractivity contribution in [2.75, 3.05) is 26.3 Å². The van der Waals surface area contributed by atoms with E-state index in [1.807, 2.05) is 20.8 Å². The van der Waals surface area contributed by atoms with Gasteiger partial charge in [-0.05, 0) is 30.0 Å². The van der Waals surface area contributed by atoms with Crippen LogP contribution < -0.4 is 4.72 Å². The maximum Gasteiger partial charge on any atom is 0.241 e. The SMILES string of the molecule is CCc1ccc(S(=O)(=O)N[C@H](C(=O)N2CCOCC2)C(C)C)cc1. The van der Waals surface area contributed by atoms with Crippen molar-refractivity contribution in [1.29, 1.82) is 0 Å². The molecule has 2 rings (SSSR count). The third-order valence-corrected chi connectivity index (χ3v) is 5.64. The Balaban J connectivity index is 2.17. The zero-order chi connectivity index (χ0) is 17.7. The molecule has 1 N–H and O–H groups in total. The van der Waals surface area contributed by atoms with Gasteiger partial charge in [-0.25, -0.2) is 8.42 Å². The second kappa shape index (κ2) is 8.09. The number of sulfonamides is 1. The third kappa shape index (κ3) is 4.55. The second-order valence-corrected chi connectivity index (χ2v) is 7.99. The summed E-state index contributed by atoms with van der Waals surface area (Å²) in [6, 6.07) is 5.97. The number of morpholine rings is 1. The first-order valence-corrected chi connectivity index (χ1v) is 9.81. The number of benzene rings is 1. The maximum atomic E-state index is 12.7. The molecule has 1 aliphatic heterocycles. The molecule has 1 aromatic rings. The Morgan fingerprint density at radius 1 is 1.21 bits per heavy atom. The van der Waals surface area contributed by atoms with Crippen molar-refractivity contribution >= 4 is 15.9 Å². The Bertz CT molecular complexity index is 650. The molecule has 24 heavy (non-hydrogen) atoms. The van der Waals surface area contributed by atoms with Crippen molar-refractivity contribution in [2.24, 2.45) is 5.92 Å². The molecule has 1 heterocycles. The molecule has 7 heteroatoms. The minimum Gasteiger partial charge on any atom is -0.378 e. The molecule has 1 atom stereocenters. The number of ether oxygens (including phenoxy) is 1. The highest BCUT2D eigenvalue weighted by molar-refractivity contribution is 7.89.